The first-order valence-corrected chi connectivity index (χ1v) is 11.1. The van der Waals surface area contributed by atoms with Crippen molar-refractivity contribution in [3.8, 4) is 11.5 Å². The minimum Gasteiger partial charge on any atom is -0.454 e. The maximum atomic E-state index is 12.7. The Balaban J connectivity index is 1.20. The second-order valence-corrected chi connectivity index (χ2v) is 9.04. The zero-order valence-electron chi connectivity index (χ0n) is 16.2. The molecule has 6 nitrogen and oxygen atoms in total. The van der Waals surface area contributed by atoms with Gasteiger partial charge in [0.05, 0.1) is 4.88 Å². The number of carbonyl (C=O) groups is 2. The first-order chi connectivity index (χ1) is 14.2. The van der Waals surface area contributed by atoms with Crippen LogP contribution in [0.3, 0.4) is 0 Å². The lowest BCUT2D eigenvalue weighted by molar-refractivity contribution is -0.125. The van der Waals surface area contributed by atoms with E-state index in [1.807, 2.05) is 29.2 Å². The van der Waals surface area contributed by atoms with Gasteiger partial charge in [-0.3, -0.25) is 9.59 Å². The van der Waals surface area contributed by atoms with Crippen molar-refractivity contribution >= 4 is 23.2 Å². The highest BCUT2D eigenvalue weighted by Gasteiger charge is 2.29. The number of ether oxygens (including phenoxy) is 2. The Morgan fingerprint density at radius 2 is 1.97 bits per heavy atom. The predicted octanol–water partition coefficient (Wildman–Crippen LogP) is 3.13. The number of hydrogen-bond donors (Lipinski definition) is 1. The van der Waals surface area contributed by atoms with Crippen LogP contribution < -0.4 is 14.8 Å². The first kappa shape index (κ1) is 18.5. The molecule has 0 saturated carbocycles. The third-order valence-corrected chi connectivity index (χ3v) is 7.19. The number of thiophene rings is 1. The van der Waals surface area contributed by atoms with E-state index in [0.717, 1.165) is 60.7 Å². The van der Waals surface area contributed by atoms with Gasteiger partial charge in [-0.15, -0.1) is 11.3 Å². The van der Waals surface area contributed by atoms with E-state index in [0.29, 0.717) is 13.0 Å². The van der Waals surface area contributed by atoms with Crippen LogP contribution in [0, 0.1) is 5.92 Å². The van der Waals surface area contributed by atoms with Gasteiger partial charge in [-0.1, -0.05) is 6.07 Å². The van der Waals surface area contributed by atoms with E-state index < -0.39 is 0 Å². The molecule has 2 aliphatic heterocycles. The molecule has 1 N–H and O–H groups in total. The van der Waals surface area contributed by atoms with Crippen LogP contribution in [0.25, 0.3) is 0 Å². The van der Waals surface area contributed by atoms with E-state index in [1.54, 1.807) is 11.3 Å². The summed E-state index contributed by atoms with van der Waals surface area (Å²) in [6, 6.07) is 7.76. The monoisotopic (exact) mass is 412 g/mol. The zero-order valence-corrected chi connectivity index (χ0v) is 17.1. The third kappa shape index (κ3) is 3.71. The summed E-state index contributed by atoms with van der Waals surface area (Å²) >= 11 is 1.62. The fourth-order valence-corrected chi connectivity index (χ4v) is 5.49. The molecule has 1 fully saturated rings. The summed E-state index contributed by atoms with van der Waals surface area (Å²) < 4.78 is 10.7. The summed E-state index contributed by atoms with van der Waals surface area (Å²) in [4.78, 5) is 29.4. The first-order valence-electron chi connectivity index (χ1n) is 10.2. The van der Waals surface area contributed by atoms with Crippen LogP contribution >= 0.6 is 11.3 Å². The van der Waals surface area contributed by atoms with Gasteiger partial charge in [0.1, 0.15) is 0 Å². The number of amides is 2. The molecule has 1 unspecified atom stereocenters. The summed E-state index contributed by atoms with van der Waals surface area (Å²) in [5, 5.41) is 3.06. The molecule has 0 spiro atoms. The lowest BCUT2D eigenvalue weighted by Crippen LogP contribution is -2.33. The number of hydrogen-bond acceptors (Lipinski definition) is 5. The Morgan fingerprint density at radius 1 is 1.14 bits per heavy atom. The predicted molar refractivity (Wildman–Crippen MR) is 109 cm³/mol. The normalized spacial score (nSPS) is 19.9. The highest BCUT2D eigenvalue weighted by atomic mass is 32.1. The number of nitrogens with zero attached hydrogens (tertiary/aromatic N) is 1. The number of benzene rings is 1. The van der Waals surface area contributed by atoms with Gasteiger partial charge < -0.3 is 19.7 Å². The second-order valence-electron chi connectivity index (χ2n) is 7.90. The Labute approximate surface area is 173 Å². The van der Waals surface area contributed by atoms with E-state index in [4.69, 9.17) is 9.47 Å². The minimum atomic E-state index is -0.0409. The molecule has 152 valence electrons. The number of rotatable bonds is 4. The Hall–Kier alpha value is -2.54. The molecule has 2 amide bonds. The minimum absolute atomic E-state index is 0.0409. The van der Waals surface area contributed by atoms with Gasteiger partial charge in [-0.2, -0.15) is 0 Å². The molecule has 7 heteroatoms. The van der Waals surface area contributed by atoms with Crippen molar-refractivity contribution < 1.29 is 19.1 Å². The van der Waals surface area contributed by atoms with Crippen molar-refractivity contribution in [1.82, 2.24) is 10.2 Å². The summed E-state index contributed by atoms with van der Waals surface area (Å²) in [7, 11) is 0. The molecule has 29 heavy (non-hydrogen) atoms. The number of aryl methyl sites for hydroxylation is 1. The van der Waals surface area contributed by atoms with Gasteiger partial charge in [0.2, 0.25) is 12.7 Å². The molecule has 1 aliphatic carbocycles. The topological polar surface area (TPSA) is 67.9 Å². The molecule has 3 aliphatic rings. The van der Waals surface area contributed by atoms with E-state index in [9.17, 15) is 9.59 Å². The largest absolute Gasteiger partial charge is 0.454 e. The van der Waals surface area contributed by atoms with Crippen molar-refractivity contribution in [2.24, 2.45) is 5.92 Å². The van der Waals surface area contributed by atoms with Crippen molar-refractivity contribution in [3.05, 3.63) is 45.1 Å². The van der Waals surface area contributed by atoms with Crippen LogP contribution in [0.4, 0.5) is 0 Å². The molecule has 1 atom stereocenters. The molecular formula is C22H24N2O4S. The van der Waals surface area contributed by atoms with Gasteiger partial charge in [0.25, 0.3) is 5.91 Å². The molecule has 1 saturated heterocycles. The van der Waals surface area contributed by atoms with Crippen LogP contribution in [0.15, 0.2) is 24.3 Å². The van der Waals surface area contributed by atoms with Crippen LogP contribution in [0.5, 0.6) is 11.5 Å². The lowest BCUT2D eigenvalue weighted by Gasteiger charge is -2.21. The number of carbonyl (C=O) groups excluding carboxylic acids is 2. The van der Waals surface area contributed by atoms with Gasteiger partial charge in [-0.25, -0.2) is 0 Å². The molecule has 0 radical (unpaired) electrons. The number of likely N-dealkylation sites (tertiary alicyclic amines) is 1. The molecular weight excluding hydrogens is 388 g/mol. The third-order valence-electron chi connectivity index (χ3n) is 5.96. The van der Waals surface area contributed by atoms with E-state index in [2.05, 4.69) is 5.32 Å². The quantitative estimate of drug-likeness (QED) is 0.838. The van der Waals surface area contributed by atoms with Gasteiger partial charge >= 0.3 is 0 Å². The maximum absolute atomic E-state index is 12.7. The van der Waals surface area contributed by atoms with E-state index in [-0.39, 0.29) is 24.5 Å². The standard InChI is InChI=1S/C22H24N2O4S/c25-21(23-12-14-3-5-17-18(9-14)28-13-27-17)15-4-6-19-16(10-15)11-20(29-19)22(26)24-7-1-2-8-24/h3,5,9,11,15H,1-2,4,6-8,10,12-13H2,(H,23,25). The lowest BCUT2D eigenvalue weighted by atomic mass is 9.87. The van der Waals surface area contributed by atoms with E-state index in [1.165, 1.54) is 10.4 Å². The summed E-state index contributed by atoms with van der Waals surface area (Å²) in [5.41, 5.74) is 2.17. The fraction of sp³-hybridized carbons (Fsp3) is 0.455. The highest BCUT2D eigenvalue weighted by Crippen LogP contribution is 2.34. The van der Waals surface area contributed by atoms with Crippen LogP contribution in [0.1, 0.15) is 44.9 Å². The molecule has 1 aromatic carbocycles. The Bertz CT molecular complexity index is 948. The van der Waals surface area contributed by atoms with Crippen LogP contribution in [0.2, 0.25) is 0 Å². The number of nitrogens with one attached hydrogen (secondary N) is 1. The average Bonchev–Trinajstić information content (AvgIpc) is 3.50. The van der Waals surface area contributed by atoms with Gasteiger partial charge in [-0.05, 0) is 61.4 Å². The molecule has 3 heterocycles. The summed E-state index contributed by atoms with van der Waals surface area (Å²) in [6.45, 7) is 2.46. The van der Waals surface area contributed by atoms with E-state index >= 15 is 0 Å². The van der Waals surface area contributed by atoms with Crippen molar-refractivity contribution in [1.29, 1.82) is 0 Å². The maximum Gasteiger partial charge on any atom is 0.263 e. The van der Waals surface area contributed by atoms with Crippen molar-refractivity contribution in [2.75, 3.05) is 19.9 Å². The van der Waals surface area contributed by atoms with Gasteiger partial charge in [0.15, 0.2) is 11.5 Å². The summed E-state index contributed by atoms with van der Waals surface area (Å²) in [6.07, 6.45) is 4.62. The van der Waals surface area contributed by atoms with Gasteiger partial charge in [0, 0.05) is 30.4 Å². The second kappa shape index (κ2) is 7.71. The summed E-state index contributed by atoms with van der Waals surface area (Å²) in [5.74, 6) is 1.67. The number of fused-ring (bicyclic) bond motifs is 2. The SMILES string of the molecule is O=C(NCc1ccc2c(c1)OCO2)C1CCc2sc(C(=O)N3CCCC3)cc2C1. The van der Waals surface area contributed by atoms with Crippen LogP contribution in [-0.4, -0.2) is 36.6 Å². The molecule has 1 aromatic heterocycles. The Kier molecular flexibility index (Phi) is 4.91. The smallest absolute Gasteiger partial charge is 0.263 e. The molecule has 5 rings (SSSR count). The highest BCUT2D eigenvalue weighted by molar-refractivity contribution is 7.14. The zero-order chi connectivity index (χ0) is 19.8. The van der Waals surface area contributed by atoms with Crippen molar-refractivity contribution in [2.45, 2.75) is 38.6 Å². The fourth-order valence-electron chi connectivity index (χ4n) is 4.31. The Morgan fingerprint density at radius 3 is 2.83 bits per heavy atom. The average molecular weight is 413 g/mol. The molecule has 0 bridgehead atoms. The van der Waals surface area contributed by atoms with Crippen LogP contribution in [-0.2, 0) is 24.2 Å². The van der Waals surface area contributed by atoms with Crippen molar-refractivity contribution in [3.63, 3.8) is 0 Å². The molecule has 2 aromatic rings.